The molecule has 6 heteroatoms. The predicted octanol–water partition coefficient (Wildman–Crippen LogP) is 19.4. The highest BCUT2D eigenvalue weighted by Gasteiger charge is 2.19. The summed E-state index contributed by atoms with van der Waals surface area (Å²) in [5, 5.41) is 0. The molecular weight excluding hydrogens is 805 g/mol. The van der Waals surface area contributed by atoms with Crippen LogP contribution in [0.1, 0.15) is 336 Å². The summed E-state index contributed by atoms with van der Waals surface area (Å²) in [5.74, 6) is -0.00994. The normalized spacial score (nSPS) is 12.0. The lowest BCUT2D eigenvalue weighted by atomic mass is 10.0. The zero-order valence-electron chi connectivity index (χ0n) is 44.5. The van der Waals surface area contributed by atoms with Crippen molar-refractivity contribution in [3.05, 3.63) is 0 Å². The van der Waals surface area contributed by atoms with E-state index in [0.717, 1.165) is 63.7 Å². The molecule has 0 saturated carbocycles. The Kier molecular flexibility index (Phi) is 52.1. The van der Waals surface area contributed by atoms with Gasteiger partial charge in [-0.2, -0.15) is 0 Å². The first kappa shape index (κ1) is 63.4. The third-order valence-corrected chi connectivity index (χ3v) is 13.5. The summed E-state index contributed by atoms with van der Waals surface area (Å²) in [6, 6.07) is 0. The van der Waals surface area contributed by atoms with E-state index in [2.05, 4.69) is 27.7 Å². The van der Waals surface area contributed by atoms with Crippen LogP contribution in [0.25, 0.3) is 0 Å². The lowest BCUT2D eigenvalue weighted by Crippen LogP contribution is -2.30. The standard InChI is InChI=1S/C59H114O6/c1-5-7-9-11-13-15-17-19-21-22-23-25-27-31-35-39-43-47-51-58(61)64-54-56(65-59(62)52-48-44-40-36-32-28-29-33-37-41-45-49-55(3)4)53-63-57(60)50-46-42-38-34-30-26-24-20-18-16-14-12-10-8-6-2/h55-56H,5-54H2,1-4H3/t56-/m0/s1. The van der Waals surface area contributed by atoms with Gasteiger partial charge in [-0.3, -0.25) is 14.4 Å². The molecule has 1 atom stereocenters. The Morgan fingerprint density at radius 3 is 0.754 bits per heavy atom. The van der Waals surface area contributed by atoms with Crippen LogP contribution in [0.5, 0.6) is 0 Å². The number of carbonyl (C=O) groups excluding carboxylic acids is 3. The van der Waals surface area contributed by atoms with E-state index in [9.17, 15) is 14.4 Å². The van der Waals surface area contributed by atoms with E-state index in [0.29, 0.717) is 19.3 Å². The molecular formula is C59H114O6. The van der Waals surface area contributed by atoms with Crippen LogP contribution in [0.15, 0.2) is 0 Å². The summed E-state index contributed by atoms with van der Waals surface area (Å²) >= 11 is 0. The van der Waals surface area contributed by atoms with Crippen molar-refractivity contribution in [2.24, 2.45) is 5.92 Å². The molecule has 0 saturated heterocycles. The third-order valence-electron chi connectivity index (χ3n) is 13.5. The highest BCUT2D eigenvalue weighted by molar-refractivity contribution is 5.71. The third kappa shape index (κ3) is 53.2. The Morgan fingerprint density at radius 2 is 0.508 bits per heavy atom. The first-order valence-corrected chi connectivity index (χ1v) is 29.4. The van der Waals surface area contributed by atoms with Gasteiger partial charge in [0.1, 0.15) is 13.2 Å². The molecule has 0 bridgehead atoms. The van der Waals surface area contributed by atoms with Crippen molar-refractivity contribution in [2.75, 3.05) is 13.2 Å². The van der Waals surface area contributed by atoms with Gasteiger partial charge in [-0.1, -0.05) is 297 Å². The molecule has 0 N–H and O–H groups in total. The number of rotatable bonds is 54. The average Bonchev–Trinajstić information content (AvgIpc) is 3.29. The zero-order chi connectivity index (χ0) is 47.4. The minimum Gasteiger partial charge on any atom is -0.462 e. The van der Waals surface area contributed by atoms with Gasteiger partial charge in [0.25, 0.3) is 0 Å². The average molecular weight is 920 g/mol. The van der Waals surface area contributed by atoms with E-state index in [4.69, 9.17) is 14.2 Å². The molecule has 0 amide bonds. The fraction of sp³-hybridized carbons (Fsp3) is 0.949. The van der Waals surface area contributed by atoms with Gasteiger partial charge in [0.15, 0.2) is 6.10 Å². The fourth-order valence-electron chi connectivity index (χ4n) is 9.10. The van der Waals surface area contributed by atoms with E-state index >= 15 is 0 Å². The van der Waals surface area contributed by atoms with Gasteiger partial charge in [-0.05, 0) is 25.2 Å². The van der Waals surface area contributed by atoms with Crippen molar-refractivity contribution in [3.63, 3.8) is 0 Å². The van der Waals surface area contributed by atoms with Crippen molar-refractivity contribution < 1.29 is 28.6 Å². The SMILES string of the molecule is CCCCCCCCCCCCCCCCCCCCC(=O)OC[C@H](COC(=O)CCCCCCCCCCCCCCCCC)OC(=O)CCCCCCCCCCCCCC(C)C. The predicted molar refractivity (Wildman–Crippen MR) is 280 cm³/mol. The van der Waals surface area contributed by atoms with Gasteiger partial charge in [-0.15, -0.1) is 0 Å². The van der Waals surface area contributed by atoms with E-state index in [-0.39, 0.29) is 31.1 Å². The molecule has 0 spiro atoms. The van der Waals surface area contributed by atoms with E-state index in [1.165, 1.54) is 231 Å². The van der Waals surface area contributed by atoms with Crippen LogP contribution in [0.3, 0.4) is 0 Å². The second kappa shape index (κ2) is 53.4. The largest absolute Gasteiger partial charge is 0.462 e. The van der Waals surface area contributed by atoms with Crippen LogP contribution in [-0.2, 0) is 28.6 Å². The lowest BCUT2D eigenvalue weighted by molar-refractivity contribution is -0.167. The summed E-state index contributed by atoms with van der Waals surface area (Å²) < 4.78 is 16.9. The first-order chi connectivity index (χ1) is 31.9. The number of unbranched alkanes of at least 4 members (excludes halogenated alkanes) is 41. The fourth-order valence-corrected chi connectivity index (χ4v) is 9.10. The van der Waals surface area contributed by atoms with Crippen molar-refractivity contribution in [1.29, 1.82) is 0 Å². The number of carbonyl (C=O) groups is 3. The maximum atomic E-state index is 12.8. The maximum absolute atomic E-state index is 12.8. The molecule has 0 aromatic rings. The van der Waals surface area contributed by atoms with E-state index in [1.54, 1.807) is 0 Å². The van der Waals surface area contributed by atoms with Gasteiger partial charge in [0.05, 0.1) is 0 Å². The second-order valence-electron chi connectivity index (χ2n) is 20.8. The topological polar surface area (TPSA) is 78.9 Å². The molecule has 0 aromatic heterocycles. The van der Waals surface area contributed by atoms with E-state index < -0.39 is 6.10 Å². The number of hydrogen-bond donors (Lipinski definition) is 0. The monoisotopic (exact) mass is 919 g/mol. The van der Waals surface area contributed by atoms with Gasteiger partial charge < -0.3 is 14.2 Å². The first-order valence-electron chi connectivity index (χ1n) is 29.4. The molecule has 386 valence electrons. The lowest BCUT2D eigenvalue weighted by Gasteiger charge is -2.18. The molecule has 65 heavy (non-hydrogen) atoms. The molecule has 0 aliphatic carbocycles. The summed E-state index contributed by atoms with van der Waals surface area (Å²) in [5.41, 5.74) is 0. The van der Waals surface area contributed by atoms with E-state index in [1.807, 2.05) is 0 Å². The molecule has 0 radical (unpaired) electrons. The molecule has 0 aliphatic rings. The Bertz CT molecular complexity index is 980. The Hall–Kier alpha value is -1.59. The number of ether oxygens (including phenoxy) is 3. The molecule has 6 nitrogen and oxygen atoms in total. The van der Waals surface area contributed by atoms with Crippen LogP contribution in [0.2, 0.25) is 0 Å². The molecule has 0 fully saturated rings. The van der Waals surface area contributed by atoms with Crippen molar-refractivity contribution >= 4 is 17.9 Å². The highest BCUT2D eigenvalue weighted by atomic mass is 16.6. The van der Waals surface area contributed by atoms with Gasteiger partial charge in [0, 0.05) is 19.3 Å². The Labute approximate surface area is 406 Å². The summed E-state index contributed by atoms with van der Waals surface area (Å²) in [4.78, 5) is 38.1. The smallest absolute Gasteiger partial charge is 0.306 e. The minimum atomic E-state index is -0.762. The van der Waals surface area contributed by atoms with Crippen LogP contribution in [-0.4, -0.2) is 37.2 Å². The van der Waals surface area contributed by atoms with Crippen molar-refractivity contribution in [1.82, 2.24) is 0 Å². The van der Waals surface area contributed by atoms with Crippen molar-refractivity contribution in [3.8, 4) is 0 Å². The molecule has 0 heterocycles. The Morgan fingerprint density at radius 1 is 0.292 bits per heavy atom. The summed E-state index contributed by atoms with van der Waals surface area (Å²) in [7, 11) is 0. The minimum absolute atomic E-state index is 0.0619. The van der Waals surface area contributed by atoms with Gasteiger partial charge in [-0.25, -0.2) is 0 Å². The molecule has 0 aliphatic heterocycles. The number of esters is 3. The van der Waals surface area contributed by atoms with Gasteiger partial charge in [0.2, 0.25) is 0 Å². The summed E-state index contributed by atoms with van der Waals surface area (Å²) in [6.45, 7) is 9.06. The highest BCUT2D eigenvalue weighted by Crippen LogP contribution is 2.18. The maximum Gasteiger partial charge on any atom is 0.306 e. The zero-order valence-corrected chi connectivity index (χ0v) is 44.5. The van der Waals surface area contributed by atoms with Gasteiger partial charge >= 0.3 is 17.9 Å². The quantitative estimate of drug-likeness (QED) is 0.0344. The Balaban J connectivity index is 4.28. The second-order valence-corrected chi connectivity index (χ2v) is 20.8. The molecule has 0 unspecified atom stereocenters. The van der Waals surface area contributed by atoms with Crippen molar-refractivity contribution in [2.45, 2.75) is 342 Å². The van der Waals surface area contributed by atoms with Crippen LogP contribution in [0.4, 0.5) is 0 Å². The summed E-state index contributed by atoms with van der Waals surface area (Å²) in [6.07, 6.45) is 58.1. The molecule has 0 aromatic carbocycles. The van der Waals surface area contributed by atoms with Crippen LogP contribution < -0.4 is 0 Å². The number of hydrogen-bond acceptors (Lipinski definition) is 6. The van der Waals surface area contributed by atoms with Crippen LogP contribution >= 0.6 is 0 Å². The van der Waals surface area contributed by atoms with Crippen LogP contribution in [0, 0.1) is 5.92 Å². The molecule has 0 rings (SSSR count).